The third-order valence-corrected chi connectivity index (χ3v) is 5.17. The summed E-state index contributed by atoms with van der Waals surface area (Å²) in [6.45, 7) is 5.38. The average Bonchev–Trinajstić information content (AvgIpc) is 2.99. The van der Waals surface area contributed by atoms with E-state index in [2.05, 4.69) is 79.2 Å². The Hall–Kier alpha value is -2.61. The Morgan fingerprint density at radius 2 is 1.54 bits per heavy atom. The second kappa shape index (κ2) is 7.33. The quantitative estimate of drug-likeness (QED) is 0.411. The molecule has 0 saturated heterocycles. The lowest BCUT2D eigenvalue weighted by Gasteiger charge is -2.11. The molecule has 0 radical (unpaired) electrons. The van der Waals surface area contributed by atoms with E-state index >= 15 is 0 Å². The van der Waals surface area contributed by atoms with Gasteiger partial charge in [0.2, 0.25) is 0 Å². The molecule has 0 fully saturated rings. The molecule has 0 aliphatic carbocycles. The topological polar surface area (TPSA) is 17.8 Å². The van der Waals surface area contributed by atoms with E-state index in [0.29, 0.717) is 0 Å². The van der Waals surface area contributed by atoms with Gasteiger partial charge in [0.05, 0.1) is 11.7 Å². The summed E-state index contributed by atoms with van der Waals surface area (Å²) in [6, 6.07) is 19.5. The monoisotopic (exact) mass is 342 g/mol. The highest BCUT2D eigenvalue weighted by Crippen LogP contribution is 2.34. The minimum atomic E-state index is 0.880. The second-order valence-corrected chi connectivity index (χ2v) is 7.03. The number of hydrogen-bond donors (Lipinski definition) is 0. The molecule has 0 N–H and O–H groups in total. The van der Waals surface area contributed by atoms with Crippen molar-refractivity contribution in [3.63, 3.8) is 0 Å². The van der Waals surface area contributed by atoms with Gasteiger partial charge in [0.15, 0.2) is 0 Å². The van der Waals surface area contributed by atoms with Gasteiger partial charge in [-0.15, -0.1) is 0 Å². The van der Waals surface area contributed by atoms with Crippen molar-refractivity contribution in [3.8, 4) is 0 Å². The van der Waals surface area contributed by atoms with Crippen molar-refractivity contribution in [2.45, 2.75) is 46.1 Å². The fraction of sp³-hybridized carbons (Fsp3) is 0.292. The van der Waals surface area contributed by atoms with Gasteiger partial charge in [-0.25, -0.2) is 0 Å². The van der Waals surface area contributed by atoms with Crippen molar-refractivity contribution < 1.29 is 0 Å². The molecule has 0 bridgehead atoms. The largest absolute Gasteiger partial charge is 0.335 e. The lowest BCUT2D eigenvalue weighted by Crippen LogP contribution is -2.02. The van der Waals surface area contributed by atoms with Gasteiger partial charge in [-0.3, -0.25) is 4.98 Å². The number of aromatic nitrogens is 2. The molecule has 0 aliphatic rings. The Morgan fingerprint density at radius 1 is 0.808 bits per heavy atom. The first-order valence-corrected chi connectivity index (χ1v) is 9.75. The molecule has 0 unspecified atom stereocenters. The molecular weight excluding hydrogens is 316 g/mol. The van der Waals surface area contributed by atoms with E-state index in [1.165, 1.54) is 38.6 Å². The maximum Gasteiger partial charge on any atom is 0.0684 e. The van der Waals surface area contributed by atoms with Crippen LogP contribution < -0.4 is 0 Å². The van der Waals surface area contributed by atoms with Gasteiger partial charge in [-0.05, 0) is 30.0 Å². The third kappa shape index (κ3) is 2.90. The molecule has 2 aromatic carbocycles. The molecule has 2 heteroatoms. The van der Waals surface area contributed by atoms with Crippen LogP contribution in [0.5, 0.6) is 0 Å². The lowest BCUT2D eigenvalue weighted by atomic mass is 9.99. The van der Waals surface area contributed by atoms with Crippen LogP contribution in [-0.2, 0) is 19.4 Å². The average molecular weight is 342 g/mol. The fourth-order valence-electron chi connectivity index (χ4n) is 4.04. The van der Waals surface area contributed by atoms with Crippen molar-refractivity contribution in [1.29, 1.82) is 0 Å². The molecule has 0 saturated carbocycles. The first-order valence-electron chi connectivity index (χ1n) is 9.75. The highest BCUT2D eigenvalue weighted by Gasteiger charge is 2.17. The zero-order chi connectivity index (χ0) is 17.9. The highest BCUT2D eigenvalue weighted by atomic mass is 15.0. The Kier molecular flexibility index (Phi) is 4.75. The standard InChI is InChI=1S/C24H26N2/c1-3-10-19-21(11-4-2)25-16-23-24(19)20-14-8-9-15-22(20)26(23)17-18-12-6-5-7-13-18/h5-9,12-16H,3-4,10-11,17H2,1-2H3. The van der Waals surface area contributed by atoms with Crippen LogP contribution in [0.2, 0.25) is 0 Å². The van der Waals surface area contributed by atoms with Gasteiger partial charge in [0, 0.05) is 28.5 Å². The summed E-state index contributed by atoms with van der Waals surface area (Å²) in [4.78, 5) is 4.89. The minimum Gasteiger partial charge on any atom is -0.335 e. The van der Waals surface area contributed by atoms with E-state index in [0.717, 1.165) is 32.2 Å². The van der Waals surface area contributed by atoms with Gasteiger partial charge in [0.25, 0.3) is 0 Å². The number of fused-ring (bicyclic) bond motifs is 3. The van der Waals surface area contributed by atoms with Crippen LogP contribution in [-0.4, -0.2) is 9.55 Å². The van der Waals surface area contributed by atoms with Crippen LogP contribution in [0.3, 0.4) is 0 Å². The lowest BCUT2D eigenvalue weighted by molar-refractivity contribution is 0.829. The maximum atomic E-state index is 4.89. The molecular formula is C24H26N2. The first kappa shape index (κ1) is 16.8. The number of hydrogen-bond acceptors (Lipinski definition) is 1. The normalized spacial score (nSPS) is 11.5. The molecule has 132 valence electrons. The van der Waals surface area contributed by atoms with Crippen LogP contribution in [0.25, 0.3) is 21.8 Å². The van der Waals surface area contributed by atoms with Crippen molar-refractivity contribution in [2.75, 3.05) is 0 Å². The smallest absolute Gasteiger partial charge is 0.0684 e. The number of rotatable bonds is 6. The molecule has 0 atom stereocenters. The number of aryl methyl sites for hydroxylation is 2. The van der Waals surface area contributed by atoms with Gasteiger partial charge in [0.1, 0.15) is 0 Å². The predicted molar refractivity (Wildman–Crippen MR) is 111 cm³/mol. The second-order valence-electron chi connectivity index (χ2n) is 7.03. The van der Waals surface area contributed by atoms with Crippen LogP contribution >= 0.6 is 0 Å². The van der Waals surface area contributed by atoms with Crippen LogP contribution in [0, 0.1) is 0 Å². The molecule has 4 aromatic rings. The summed E-state index contributed by atoms with van der Waals surface area (Å²) in [5.74, 6) is 0. The van der Waals surface area contributed by atoms with E-state index in [1.54, 1.807) is 0 Å². The first-order chi connectivity index (χ1) is 12.8. The van der Waals surface area contributed by atoms with E-state index in [9.17, 15) is 0 Å². The van der Waals surface area contributed by atoms with Crippen molar-refractivity contribution >= 4 is 21.8 Å². The van der Waals surface area contributed by atoms with E-state index in [4.69, 9.17) is 4.98 Å². The van der Waals surface area contributed by atoms with Gasteiger partial charge in [-0.2, -0.15) is 0 Å². The number of para-hydroxylation sites is 1. The Bertz CT molecular complexity index is 1030. The molecule has 2 nitrogen and oxygen atoms in total. The summed E-state index contributed by atoms with van der Waals surface area (Å²) in [5, 5.41) is 2.78. The number of nitrogens with zero attached hydrogens (tertiary/aromatic N) is 2. The van der Waals surface area contributed by atoms with Crippen molar-refractivity contribution in [2.24, 2.45) is 0 Å². The molecule has 0 aliphatic heterocycles. The zero-order valence-electron chi connectivity index (χ0n) is 15.7. The third-order valence-electron chi connectivity index (χ3n) is 5.17. The molecule has 0 amide bonds. The van der Waals surface area contributed by atoms with Crippen molar-refractivity contribution in [3.05, 3.63) is 77.6 Å². The van der Waals surface area contributed by atoms with E-state index in [-0.39, 0.29) is 0 Å². The predicted octanol–water partition coefficient (Wildman–Crippen LogP) is 6.14. The molecule has 4 rings (SSSR count). The Balaban J connectivity index is 2.00. The van der Waals surface area contributed by atoms with Crippen LogP contribution in [0.1, 0.15) is 43.5 Å². The molecule has 26 heavy (non-hydrogen) atoms. The fourth-order valence-corrected chi connectivity index (χ4v) is 4.04. The van der Waals surface area contributed by atoms with Gasteiger partial charge < -0.3 is 4.57 Å². The zero-order valence-corrected chi connectivity index (χ0v) is 15.7. The molecule has 0 spiro atoms. The van der Waals surface area contributed by atoms with Gasteiger partial charge >= 0.3 is 0 Å². The van der Waals surface area contributed by atoms with Gasteiger partial charge in [-0.1, -0.05) is 75.2 Å². The SMILES string of the molecule is CCCc1ncc2c(c1CCC)c1ccccc1n2Cc1ccccc1. The number of benzene rings is 2. The minimum absolute atomic E-state index is 0.880. The van der Waals surface area contributed by atoms with Crippen molar-refractivity contribution in [1.82, 2.24) is 9.55 Å². The highest BCUT2D eigenvalue weighted by molar-refractivity contribution is 6.09. The number of pyridine rings is 1. The van der Waals surface area contributed by atoms with E-state index < -0.39 is 0 Å². The summed E-state index contributed by atoms with van der Waals surface area (Å²) >= 11 is 0. The molecule has 2 aromatic heterocycles. The van der Waals surface area contributed by atoms with Crippen LogP contribution in [0.4, 0.5) is 0 Å². The molecule has 2 heterocycles. The Morgan fingerprint density at radius 3 is 2.31 bits per heavy atom. The summed E-state index contributed by atoms with van der Waals surface area (Å²) in [5.41, 5.74) is 6.63. The summed E-state index contributed by atoms with van der Waals surface area (Å²) in [7, 11) is 0. The summed E-state index contributed by atoms with van der Waals surface area (Å²) in [6.07, 6.45) is 6.54. The van der Waals surface area contributed by atoms with Crippen LogP contribution in [0.15, 0.2) is 60.8 Å². The Labute approximate surface area is 155 Å². The maximum absolute atomic E-state index is 4.89. The summed E-state index contributed by atoms with van der Waals surface area (Å²) < 4.78 is 2.43. The van der Waals surface area contributed by atoms with E-state index in [1.807, 2.05) is 0 Å².